The Hall–Kier alpha value is -1.90. The number of amides is 2. The monoisotopic (exact) mass is 362 g/mol. The summed E-state index contributed by atoms with van der Waals surface area (Å²) in [6.45, 7) is 1.43. The van der Waals surface area contributed by atoms with Crippen LogP contribution in [0, 0.1) is 0 Å². The van der Waals surface area contributed by atoms with Crippen LogP contribution in [0.2, 0.25) is 0 Å². The molecule has 9 heteroatoms. The summed E-state index contributed by atoms with van der Waals surface area (Å²) in [6, 6.07) is 4.36. The molecule has 0 unspecified atom stereocenters. The highest BCUT2D eigenvalue weighted by atomic mass is 32.2. The molecule has 1 aromatic carbocycles. The number of halogens is 3. The Kier molecular flexibility index (Phi) is 6.36. The Labute approximate surface area is 141 Å². The number of thioether (sulfide) groups is 1. The number of ether oxygens (including phenoxy) is 1. The van der Waals surface area contributed by atoms with Crippen molar-refractivity contribution in [1.29, 1.82) is 0 Å². The summed E-state index contributed by atoms with van der Waals surface area (Å²) in [4.78, 5) is 24.6. The van der Waals surface area contributed by atoms with E-state index < -0.39 is 11.7 Å². The third-order valence-corrected chi connectivity index (χ3v) is 4.22. The lowest BCUT2D eigenvalue weighted by Gasteiger charge is -2.14. The molecule has 1 heterocycles. The Morgan fingerprint density at radius 1 is 1.29 bits per heavy atom. The van der Waals surface area contributed by atoms with E-state index in [1.807, 2.05) is 0 Å². The maximum atomic E-state index is 12.4. The predicted molar refractivity (Wildman–Crippen MR) is 84.0 cm³/mol. The van der Waals surface area contributed by atoms with Gasteiger partial charge >= 0.3 is 6.18 Å². The van der Waals surface area contributed by atoms with E-state index in [-0.39, 0.29) is 30.7 Å². The van der Waals surface area contributed by atoms with Crippen molar-refractivity contribution in [2.75, 3.05) is 32.0 Å². The highest BCUT2D eigenvalue weighted by Crippen LogP contribution is 2.30. The maximum absolute atomic E-state index is 12.4. The quantitative estimate of drug-likeness (QED) is 0.758. The van der Waals surface area contributed by atoms with Gasteiger partial charge in [0.1, 0.15) is 12.4 Å². The number of benzene rings is 1. The van der Waals surface area contributed by atoms with Crippen molar-refractivity contribution in [3.8, 4) is 5.75 Å². The van der Waals surface area contributed by atoms with E-state index in [0.717, 1.165) is 17.9 Å². The largest absolute Gasteiger partial charge is 0.492 e. The molecule has 132 valence electrons. The topological polar surface area (TPSA) is 58.6 Å². The summed E-state index contributed by atoms with van der Waals surface area (Å²) < 4.78 is 42.5. The van der Waals surface area contributed by atoms with E-state index in [0.29, 0.717) is 18.8 Å². The molecule has 0 saturated carbocycles. The molecule has 1 aliphatic heterocycles. The van der Waals surface area contributed by atoms with Crippen LogP contribution in [0.4, 0.5) is 18.0 Å². The summed E-state index contributed by atoms with van der Waals surface area (Å²) in [5.74, 6) is 0.856. The molecule has 5 nitrogen and oxygen atoms in total. The number of alkyl halides is 3. The summed E-state index contributed by atoms with van der Waals surface area (Å²) in [5, 5.41) is 2.63. The first-order valence-corrected chi connectivity index (χ1v) is 8.33. The summed E-state index contributed by atoms with van der Waals surface area (Å²) in [5.41, 5.74) is -0.738. The van der Waals surface area contributed by atoms with Gasteiger partial charge in [0.25, 0.3) is 5.24 Å². The van der Waals surface area contributed by atoms with Gasteiger partial charge in [-0.3, -0.25) is 9.59 Å². The molecule has 1 saturated heterocycles. The van der Waals surface area contributed by atoms with E-state index in [2.05, 4.69) is 5.32 Å². The van der Waals surface area contributed by atoms with Crippen molar-refractivity contribution in [2.45, 2.75) is 12.6 Å². The fourth-order valence-electron chi connectivity index (χ4n) is 2.05. The molecule has 1 aliphatic rings. The SMILES string of the molecule is O=C(CCN1CCSC1=O)NCCOc1ccc(C(F)(F)F)cc1. The molecule has 2 rings (SSSR count). The number of hydrogen-bond acceptors (Lipinski definition) is 4. The number of carbonyl (C=O) groups excluding carboxylic acids is 2. The summed E-state index contributed by atoms with van der Waals surface area (Å²) in [7, 11) is 0. The Morgan fingerprint density at radius 2 is 2.00 bits per heavy atom. The Balaban J connectivity index is 1.62. The maximum Gasteiger partial charge on any atom is 0.416 e. The van der Waals surface area contributed by atoms with Gasteiger partial charge in [-0.1, -0.05) is 11.8 Å². The first-order valence-electron chi connectivity index (χ1n) is 7.35. The smallest absolute Gasteiger partial charge is 0.416 e. The average Bonchev–Trinajstić information content (AvgIpc) is 2.94. The zero-order valence-electron chi connectivity index (χ0n) is 12.8. The fraction of sp³-hybridized carbons (Fsp3) is 0.467. The van der Waals surface area contributed by atoms with Crippen LogP contribution in [0.3, 0.4) is 0 Å². The van der Waals surface area contributed by atoms with E-state index in [9.17, 15) is 22.8 Å². The summed E-state index contributed by atoms with van der Waals surface area (Å²) >= 11 is 1.24. The molecule has 0 aliphatic carbocycles. The van der Waals surface area contributed by atoms with Gasteiger partial charge in [0, 0.05) is 25.3 Å². The van der Waals surface area contributed by atoms with E-state index in [1.165, 1.54) is 23.9 Å². The second-order valence-electron chi connectivity index (χ2n) is 5.07. The van der Waals surface area contributed by atoms with Crippen molar-refractivity contribution >= 4 is 22.9 Å². The van der Waals surface area contributed by atoms with Crippen LogP contribution >= 0.6 is 11.8 Å². The molecule has 0 radical (unpaired) electrons. The van der Waals surface area contributed by atoms with Gasteiger partial charge in [-0.05, 0) is 24.3 Å². The molecule has 0 atom stereocenters. The molecule has 2 amide bonds. The van der Waals surface area contributed by atoms with Crippen LogP contribution in [-0.4, -0.2) is 48.0 Å². The Bertz CT molecular complexity index is 578. The molecule has 0 aromatic heterocycles. The Morgan fingerprint density at radius 3 is 2.58 bits per heavy atom. The van der Waals surface area contributed by atoms with Crippen LogP contribution in [-0.2, 0) is 11.0 Å². The molecule has 0 spiro atoms. The van der Waals surface area contributed by atoms with E-state index in [1.54, 1.807) is 4.90 Å². The van der Waals surface area contributed by atoms with Crippen molar-refractivity contribution < 1.29 is 27.5 Å². The number of rotatable bonds is 7. The van der Waals surface area contributed by atoms with Crippen molar-refractivity contribution in [3.63, 3.8) is 0 Å². The lowest BCUT2D eigenvalue weighted by molar-refractivity contribution is -0.137. The van der Waals surface area contributed by atoms with Gasteiger partial charge in [-0.25, -0.2) is 0 Å². The molecule has 1 fully saturated rings. The standard InChI is InChI=1S/C15H17F3N2O3S/c16-15(17,18)11-1-3-12(4-2-11)23-9-6-19-13(21)5-7-20-8-10-24-14(20)22/h1-4H,5-10H2,(H,19,21). The van der Waals surface area contributed by atoms with E-state index in [4.69, 9.17) is 4.74 Å². The number of nitrogens with zero attached hydrogens (tertiary/aromatic N) is 1. The van der Waals surface area contributed by atoms with E-state index >= 15 is 0 Å². The molecular formula is C15H17F3N2O3S. The van der Waals surface area contributed by atoms with Gasteiger partial charge in [0.15, 0.2) is 0 Å². The molecule has 1 aromatic rings. The third-order valence-electron chi connectivity index (χ3n) is 3.33. The van der Waals surface area contributed by atoms with Gasteiger partial charge in [-0.15, -0.1) is 0 Å². The zero-order chi connectivity index (χ0) is 17.6. The zero-order valence-corrected chi connectivity index (χ0v) is 13.6. The third kappa shape index (κ3) is 5.63. The first kappa shape index (κ1) is 18.4. The minimum absolute atomic E-state index is 0.00608. The van der Waals surface area contributed by atoms with Crippen molar-refractivity contribution in [2.24, 2.45) is 0 Å². The van der Waals surface area contributed by atoms with Crippen molar-refractivity contribution in [3.05, 3.63) is 29.8 Å². The van der Waals surface area contributed by atoms with Crippen LogP contribution in [0.25, 0.3) is 0 Å². The van der Waals surface area contributed by atoms with Crippen LogP contribution < -0.4 is 10.1 Å². The molecule has 1 N–H and O–H groups in total. The van der Waals surface area contributed by atoms with Gasteiger partial charge < -0.3 is 15.0 Å². The normalized spacial score (nSPS) is 14.8. The number of nitrogens with one attached hydrogen (secondary N) is 1. The van der Waals surface area contributed by atoms with Gasteiger partial charge in [0.05, 0.1) is 12.1 Å². The highest BCUT2D eigenvalue weighted by Gasteiger charge is 2.30. The lowest BCUT2D eigenvalue weighted by atomic mass is 10.2. The molecule has 0 bridgehead atoms. The second-order valence-corrected chi connectivity index (χ2v) is 6.12. The van der Waals surface area contributed by atoms with Crippen LogP contribution in [0.15, 0.2) is 24.3 Å². The predicted octanol–water partition coefficient (Wildman–Crippen LogP) is 2.76. The highest BCUT2D eigenvalue weighted by molar-refractivity contribution is 8.13. The van der Waals surface area contributed by atoms with Crippen molar-refractivity contribution in [1.82, 2.24) is 10.2 Å². The molecular weight excluding hydrogens is 345 g/mol. The minimum atomic E-state index is -4.37. The second kappa shape index (κ2) is 8.27. The minimum Gasteiger partial charge on any atom is -0.492 e. The summed E-state index contributed by atoms with van der Waals surface area (Å²) in [6.07, 6.45) is -4.16. The van der Waals surface area contributed by atoms with Crippen LogP contribution in [0.1, 0.15) is 12.0 Å². The first-order chi connectivity index (χ1) is 11.4. The average molecular weight is 362 g/mol. The number of carbonyl (C=O) groups is 2. The van der Waals surface area contributed by atoms with Crippen LogP contribution in [0.5, 0.6) is 5.75 Å². The number of hydrogen-bond donors (Lipinski definition) is 1. The lowest BCUT2D eigenvalue weighted by Crippen LogP contribution is -2.32. The fourth-order valence-corrected chi connectivity index (χ4v) is 2.90. The van der Waals surface area contributed by atoms with Gasteiger partial charge in [0.2, 0.25) is 5.91 Å². The van der Waals surface area contributed by atoms with Gasteiger partial charge in [-0.2, -0.15) is 13.2 Å². The molecule has 24 heavy (non-hydrogen) atoms.